The molecule has 3 amide bonds. The van der Waals surface area contributed by atoms with E-state index in [1.165, 1.54) is 0 Å². The molecule has 1 aliphatic carbocycles. The highest BCUT2D eigenvalue weighted by Gasteiger charge is 2.29. The molecule has 3 aromatic carbocycles. The lowest BCUT2D eigenvalue weighted by Gasteiger charge is -2.11. The molecule has 3 aromatic rings. The van der Waals surface area contributed by atoms with Gasteiger partial charge in [0, 0.05) is 41.4 Å². The van der Waals surface area contributed by atoms with E-state index in [2.05, 4.69) is 16.0 Å². The molecule has 178 valence electrons. The van der Waals surface area contributed by atoms with E-state index in [4.69, 9.17) is 0 Å². The van der Waals surface area contributed by atoms with Crippen molar-refractivity contribution in [3.8, 4) is 0 Å². The van der Waals surface area contributed by atoms with Crippen LogP contribution in [0, 0.1) is 12.8 Å². The van der Waals surface area contributed by atoms with Crippen LogP contribution in [-0.2, 0) is 4.79 Å². The molecular formula is C28H27N3O4. The fourth-order valence-electron chi connectivity index (χ4n) is 3.58. The predicted octanol–water partition coefficient (Wildman–Crippen LogP) is 3.73. The second-order valence-electron chi connectivity index (χ2n) is 8.59. The van der Waals surface area contributed by atoms with Crippen molar-refractivity contribution in [3.63, 3.8) is 0 Å². The maximum Gasteiger partial charge on any atom is 0.252 e. The van der Waals surface area contributed by atoms with E-state index in [9.17, 15) is 19.2 Å². The zero-order valence-corrected chi connectivity index (χ0v) is 19.5. The fraction of sp³-hybridized carbons (Fsp3) is 0.214. The van der Waals surface area contributed by atoms with Gasteiger partial charge in [0.25, 0.3) is 11.8 Å². The van der Waals surface area contributed by atoms with Crippen LogP contribution in [-0.4, -0.2) is 36.6 Å². The molecule has 0 unspecified atom stereocenters. The average molecular weight is 470 g/mol. The Hall–Kier alpha value is -4.26. The van der Waals surface area contributed by atoms with Crippen LogP contribution in [0.15, 0.2) is 72.8 Å². The van der Waals surface area contributed by atoms with Crippen molar-refractivity contribution in [3.05, 3.63) is 101 Å². The van der Waals surface area contributed by atoms with Crippen LogP contribution < -0.4 is 16.0 Å². The third-order valence-electron chi connectivity index (χ3n) is 5.79. The molecule has 3 N–H and O–H groups in total. The molecule has 1 fully saturated rings. The highest BCUT2D eigenvalue weighted by Crippen LogP contribution is 2.30. The summed E-state index contributed by atoms with van der Waals surface area (Å²) in [5, 5.41) is 8.34. The Kier molecular flexibility index (Phi) is 7.35. The molecule has 0 radical (unpaired) electrons. The number of carbonyl (C=O) groups excluding carboxylic acids is 4. The Morgan fingerprint density at radius 1 is 0.714 bits per heavy atom. The minimum Gasteiger partial charge on any atom is -0.350 e. The molecule has 35 heavy (non-hydrogen) atoms. The molecule has 0 spiro atoms. The Morgan fingerprint density at radius 3 is 1.91 bits per heavy atom. The number of carbonyl (C=O) groups is 4. The van der Waals surface area contributed by atoms with Crippen LogP contribution >= 0.6 is 0 Å². The van der Waals surface area contributed by atoms with Gasteiger partial charge in [0.2, 0.25) is 5.91 Å². The lowest BCUT2D eigenvalue weighted by atomic mass is 9.97. The van der Waals surface area contributed by atoms with Crippen LogP contribution in [0.3, 0.4) is 0 Å². The molecular weight excluding hydrogens is 442 g/mol. The molecule has 7 nitrogen and oxygen atoms in total. The van der Waals surface area contributed by atoms with E-state index in [0.717, 1.165) is 18.4 Å². The van der Waals surface area contributed by atoms with Crippen molar-refractivity contribution >= 4 is 29.2 Å². The molecule has 0 heterocycles. The number of rotatable bonds is 9. The summed E-state index contributed by atoms with van der Waals surface area (Å²) in [6.45, 7) is 2.37. The van der Waals surface area contributed by atoms with Gasteiger partial charge in [0.15, 0.2) is 5.78 Å². The van der Waals surface area contributed by atoms with Gasteiger partial charge in [0.05, 0.1) is 5.56 Å². The number of benzene rings is 3. The summed E-state index contributed by atoms with van der Waals surface area (Å²) in [5.74, 6) is -0.762. The smallest absolute Gasteiger partial charge is 0.252 e. The monoisotopic (exact) mass is 469 g/mol. The Morgan fingerprint density at radius 2 is 1.29 bits per heavy atom. The van der Waals surface area contributed by atoms with Crippen molar-refractivity contribution < 1.29 is 19.2 Å². The molecule has 1 aliphatic rings. The van der Waals surface area contributed by atoms with Crippen molar-refractivity contribution in [2.45, 2.75) is 19.8 Å². The van der Waals surface area contributed by atoms with Gasteiger partial charge in [0.1, 0.15) is 0 Å². The third kappa shape index (κ3) is 6.20. The highest BCUT2D eigenvalue weighted by atomic mass is 16.2. The lowest BCUT2D eigenvalue weighted by molar-refractivity contribution is -0.117. The maximum atomic E-state index is 12.9. The van der Waals surface area contributed by atoms with Crippen LogP contribution in [0.5, 0.6) is 0 Å². The number of hydrogen-bond acceptors (Lipinski definition) is 4. The predicted molar refractivity (Wildman–Crippen MR) is 134 cm³/mol. The largest absolute Gasteiger partial charge is 0.350 e. The molecule has 0 bridgehead atoms. The molecule has 0 aromatic heterocycles. The summed E-state index contributed by atoms with van der Waals surface area (Å²) in [4.78, 5) is 49.9. The zero-order chi connectivity index (χ0) is 24.8. The first-order valence-corrected chi connectivity index (χ1v) is 11.6. The third-order valence-corrected chi connectivity index (χ3v) is 5.79. The van der Waals surface area contributed by atoms with E-state index < -0.39 is 0 Å². The molecule has 1 saturated carbocycles. The Bertz CT molecular complexity index is 1250. The second-order valence-corrected chi connectivity index (χ2v) is 8.59. The van der Waals surface area contributed by atoms with Gasteiger partial charge in [-0.3, -0.25) is 19.2 Å². The van der Waals surface area contributed by atoms with Gasteiger partial charge in [-0.1, -0.05) is 48.0 Å². The minimum atomic E-state index is -0.383. The van der Waals surface area contributed by atoms with E-state index in [-0.39, 0.29) is 48.1 Å². The van der Waals surface area contributed by atoms with Gasteiger partial charge in [-0.05, 0) is 50.1 Å². The van der Waals surface area contributed by atoms with Crippen LogP contribution in [0.25, 0.3) is 0 Å². The van der Waals surface area contributed by atoms with E-state index in [0.29, 0.717) is 22.4 Å². The van der Waals surface area contributed by atoms with Gasteiger partial charge < -0.3 is 16.0 Å². The average Bonchev–Trinajstić information content (AvgIpc) is 3.73. The first-order chi connectivity index (χ1) is 16.9. The molecule has 0 aliphatic heterocycles. The molecule has 7 heteroatoms. The summed E-state index contributed by atoms with van der Waals surface area (Å²) in [5.41, 5.74) is 3.28. The first kappa shape index (κ1) is 23.9. The zero-order valence-electron chi connectivity index (χ0n) is 19.5. The second kappa shape index (κ2) is 10.8. The highest BCUT2D eigenvalue weighted by molar-refractivity contribution is 6.15. The van der Waals surface area contributed by atoms with Gasteiger partial charge >= 0.3 is 0 Å². The summed E-state index contributed by atoms with van der Waals surface area (Å²) in [7, 11) is 0. The normalized spacial score (nSPS) is 12.5. The number of amides is 3. The van der Waals surface area contributed by atoms with Crippen molar-refractivity contribution in [1.82, 2.24) is 10.6 Å². The van der Waals surface area contributed by atoms with Crippen LogP contribution in [0.2, 0.25) is 0 Å². The first-order valence-electron chi connectivity index (χ1n) is 11.6. The lowest BCUT2D eigenvalue weighted by Crippen LogP contribution is -2.35. The van der Waals surface area contributed by atoms with Gasteiger partial charge in [-0.2, -0.15) is 0 Å². The summed E-state index contributed by atoms with van der Waals surface area (Å²) in [6, 6.07) is 20.6. The maximum absolute atomic E-state index is 12.9. The number of anilines is 1. The SMILES string of the molecule is Cc1ccc(C(=O)c2ccccc2C(=O)NCCNC(=O)c2ccc(NC(=O)C3CC3)cc2)cc1. The minimum absolute atomic E-state index is 0.0140. The number of nitrogens with one attached hydrogen (secondary N) is 3. The molecule has 4 rings (SSSR count). The number of hydrogen-bond donors (Lipinski definition) is 3. The quantitative estimate of drug-likeness (QED) is 0.328. The van der Waals surface area contributed by atoms with Crippen molar-refractivity contribution in [2.75, 3.05) is 18.4 Å². The Labute approximate surface area is 203 Å². The summed E-state index contributed by atoms with van der Waals surface area (Å²) >= 11 is 0. The van der Waals surface area contributed by atoms with E-state index >= 15 is 0 Å². The Balaban J connectivity index is 1.28. The van der Waals surface area contributed by atoms with Crippen molar-refractivity contribution in [2.24, 2.45) is 5.92 Å². The van der Waals surface area contributed by atoms with Gasteiger partial charge in [-0.25, -0.2) is 0 Å². The summed E-state index contributed by atoms with van der Waals surface area (Å²) in [6.07, 6.45) is 1.86. The summed E-state index contributed by atoms with van der Waals surface area (Å²) < 4.78 is 0. The molecule has 0 saturated heterocycles. The van der Waals surface area contributed by atoms with Crippen molar-refractivity contribution in [1.29, 1.82) is 0 Å². The van der Waals surface area contributed by atoms with E-state index in [1.807, 2.05) is 19.1 Å². The molecule has 0 atom stereocenters. The standard InChI is InChI=1S/C28H27N3O4/c1-18-6-8-19(9-7-18)25(32)23-4-2-3-5-24(23)28(35)30-17-16-29-26(33)20-12-14-22(15-13-20)31-27(34)21-10-11-21/h2-9,12-15,21H,10-11,16-17H2,1H3,(H,29,33)(H,30,35)(H,31,34). The number of aryl methyl sites for hydroxylation is 1. The topological polar surface area (TPSA) is 104 Å². The number of ketones is 1. The van der Waals surface area contributed by atoms with Crippen LogP contribution in [0.4, 0.5) is 5.69 Å². The van der Waals surface area contributed by atoms with Crippen LogP contribution in [0.1, 0.15) is 55.0 Å². The fourth-order valence-corrected chi connectivity index (χ4v) is 3.58. The van der Waals surface area contributed by atoms with Gasteiger partial charge in [-0.15, -0.1) is 0 Å². The van der Waals surface area contributed by atoms with E-state index in [1.54, 1.807) is 60.7 Å².